The molecule has 182 valence electrons. The maximum atomic E-state index is 8.56. The molecule has 0 atom stereocenters. The summed E-state index contributed by atoms with van der Waals surface area (Å²) in [7, 11) is 0. The molecule has 5 rings (SSSR count). The third-order valence-corrected chi connectivity index (χ3v) is 7.27. The zero-order valence-electron chi connectivity index (χ0n) is 19.4. The van der Waals surface area contributed by atoms with E-state index in [1.54, 1.807) is 0 Å². The van der Waals surface area contributed by atoms with Crippen LogP contribution in [0.2, 0.25) is 0 Å². The molecule has 2 aliphatic rings. The van der Waals surface area contributed by atoms with Gasteiger partial charge in [0, 0.05) is 17.3 Å². The normalized spacial score (nSPS) is 15.4. The van der Waals surface area contributed by atoms with E-state index in [1.807, 2.05) is 17.4 Å². The van der Waals surface area contributed by atoms with Crippen molar-refractivity contribution >= 4 is 33.5 Å². The quantitative estimate of drug-likeness (QED) is 0.392. The number of carbonyl (C=O) groups is 1. The van der Waals surface area contributed by atoms with Gasteiger partial charge in [0.15, 0.2) is 11.5 Å². The summed E-state index contributed by atoms with van der Waals surface area (Å²) < 4.78 is 11.3. The first-order chi connectivity index (χ1) is 16.5. The number of carboxylic acid groups (broad SMARTS) is 2. The second-order valence-electron chi connectivity index (χ2n) is 8.49. The zero-order valence-corrected chi connectivity index (χ0v) is 20.2. The largest absolute Gasteiger partial charge is 0.503 e. The molecule has 9 heteroatoms. The van der Waals surface area contributed by atoms with Crippen molar-refractivity contribution in [2.45, 2.75) is 57.8 Å². The number of rotatable bonds is 6. The second-order valence-corrected chi connectivity index (χ2v) is 9.60. The number of nitrogens with zero attached hydrogens (tertiary/aromatic N) is 2. The van der Waals surface area contributed by atoms with Crippen LogP contribution in [0.25, 0.3) is 10.2 Å². The minimum Gasteiger partial charge on any atom is -0.486 e. The van der Waals surface area contributed by atoms with E-state index in [9.17, 15) is 0 Å². The average Bonchev–Trinajstić information content (AvgIpc) is 3.28. The molecule has 34 heavy (non-hydrogen) atoms. The van der Waals surface area contributed by atoms with Gasteiger partial charge in [-0.05, 0) is 49.4 Å². The van der Waals surface area contributed by atoms with E-state index in [0.717, 1.165) is 47.4 Å². The summed E-state index contributed by atoms with van der Waals surface area (Å²) in [5.74, 6) is 4.24. The summed E-state index contributed by atoms with van der Waals surface area (Å²) in [6.07, 6.45) is 6.48. The van der Waals surface area contributed by atoms with Crippen LogP contribution in [0.5, 0.6) is 11.5 Å². The maximum Gasteiger partial charge on any atom is 0.503 e. The Hall–Kier alpha value is -3.07. The van der Waals surface area contributed by atoms with Crippen LogP contribution in [0.4, 0.5) is 10.6 Å². The van der Waals surface area contributed by atoms with E-state index in [2.05, 4.69) is 30.4 Å². The van der Waals surface area contributed by atoms with Crippen molar-refractivity contribution in [1.29, 1.82) is 0 Å². The summed E-state index contributed by atoms with van der Waals surface area (Å²) in [5.41, 5.74) is 1.24. The van der Waals surface area contributed by atoms with Crippen LogP contribution in [0.15, 0.2) is 24.3 Å². The lowest BCUT2D eigenvalue weighted by atomic mass is 9.88. The third kappa shape index (κ3) is 6.08. The van der Waals surface area contributed by atoms with Crippen molar-refractivity contribution in [3.63, 3.8) is 0 Å². The second kappa shape index (κ2) is 11.4. The van der Waals surface area contributed by atoms with Crippen molar-refractivity contribution in [2.24, 2.45) is 0 Å². The van der Waals surface area contributed by atoms with Crippen molar-refractivity contribution in [3.8, 4) is 11.5 Å². The molecule has 1 fully saturated rings. The van der Waals surface area contributed by atoms with Crippen LogP contribution in [-0.2, 0) is 12.8 Å². The van der Waals surface area contributed by atoms with E-state index in [0.29, 0.717) is 19.1 Å². The van der Waals surface area contributed by atoms with Crippen LogP contribution in [-0.4, -0.2) is 46.1 Å². The molecule has 3 heterocycles. The van der Waals surface area contributed by atoms with E-state index >= 15 is 0 Å². The Balaban J connectivity index is 0.000000636. The number of aromatic nitrogens is 2. The van der Waals surface area contributed by atoms with E-state index in [1.165, 1.54) is 47.9 Å². The zero-order chi connectivity index (χ0) is 23.9. The number of benzene rings is 1. The lowest BCUT2D eigenvalue weighted by Crippen LogP contribution is -2.15. The Labute approximate surface area is 203 Å². The van der Waals surface area contributed by atoms with Gasteiger partial charge in [-0.25, -0.2) is 14.8 Å². The van der Waals surface area contributed by atoms with Crippen LogP contribution in [0.3, 0.4) is 0 Å². The summed E-state index contributed by atoms with van der Waals surface area (Å²) in [5, 5.41) is 18.7. The smallest absolute Gasteiger partial charge is 0.486 e. The highest BCUT2D eigenvalue weighted by Gasteiger charge is 2.21. The topological polar surface area (TPSA) is 114 Å². The Kier molecular flexibility index (Phi) is 8.05. The molecule has 8 nitrogen and oxygen atoms in total. The van der Waals surface area contributed by atoms with Crippen molar-refractivity contribution < 1.29 is 24.5 Å². The molecule has 0 bridgehead atoms. The number of ether oxygens (including phenoxy) is 2. The molecule has 2 aromatic heterocycles. The van der Waals surface area contributed by atoms with Gasteiger partial charge in [0.25, 0.3) is 0 Å². The highest BCUT2D eigenvalue weighted by Crippen LogP contribution is 2.36. The summed E-state index contributed by atoms with van der Waals surface area (Å²) in [6, 6.07) is 8.49. The summed E-state index contributed by atoms with van der Waals surface area (Å²) >= 11 is 1.81. The summed E-state index contributed by atoms with van der Waals surface area (Å²) in [4.78, 5) is 21.0. The lowest BCUT2D eigenvalue weighted by molar-refractivity contribution is 0.137. The number of hydrogen-bond donors (Lipinski definition) is 3. The third-order valence-electron chi connectivity index (χ3n) is 6.09. The molecule has 0 unspecified atom stereocenters. The number of thiophene rings is 1. The average molecular weight is 486 g/mol. The Morgan fingerprint density at radius 3 is 2.56 bits per heavy atom. The van der Waals surface area contributed by atoms with E-state index in [-0.39, 0.29) is 0 Å². The molecule has 0 spiro atoms. The van der Waals surface area contributed by atoms with Gasteiger partial charge >= 0.3 is 6.16 Å². The fourth-order valence-electron chi connectivity index (χ4n) is 4.41. The Morgan fingerprint density at radius 1 is 1.09 bits per heavy atom. The van der Waals surface area contributed by atoms with Gasteiger partial charge in [0.1, 0.15) is 29.7 Å². The fourth-order valence-corrected chi connectivity index (χ4v) is 5.38. The van der Waals surface area contributed by atoms with Gasteiger partial charge in [-0.15, -0.1) is 11.3 Å². The Morgan fingerprint density at radius 2 is 1.82 bits per heavy atom. The van der Waals surface area contributed by atoms with Crippen molar-refractivity contribution in [3.05, 3.63) is 40.5 Å². The molecule has 3 N–H and O–H groups in total. The van der Waals surface area contributed by atoms with Crippen LogP contribution < -0.4 is 14.8 Å². The molecule has 1 aliphatic heterocycles. The van der Waals surface area contributed by atoms with Gasteiger partial charge < -0.3 is 25.0 Å². The molecule has 1 aromatic carbocycles. The van der Waals surface area contributed by atoms with Crippen molar-refractivity contribution in [2.75, 3.05) is 25.1 Å². The Bertz CT molecular complexity index is 1120. The minimum atomic E-state index is -1.83. The monoisotopic (exact) mass is 485 g/mol. The first-order valence-electron chi connectivity index (χ1n) is 11.9. The first-order valence-corrected chi connectivity index (χ1v) is 12.7. The molecule has 0 amide bonds. The lowest BCUT2D eigenvalue weighted by Gasteiger charge is -2.21. The van der Waals surface area contributed by atoms with Gasteiger partial charge in [-0.1, -0.05) is 32.3 Å². The number of anilines is 1. The molecule has 3 aromatic rings. The predicted octanol–water partition coefficient (Wildman–Crippen LogP) is 5.95. The van der Waals surface area contributed by atoms with Gasteiger partial charge in [0.05, 0.1) is 5.39 Å². The first kappa shape index (κ1) is 24.1. The van der Waals surface area contributed by atoms with Crippen molar-refractivity contribution in [1.82, 2.24) is 9.97 Å². The number of nitrogens with one attached hydrogen (secondary N) is 1. The molecular formula is C25H31N3O5S. The highest BCUT2D eigenvalue weighted by molar-refractivity contribution is 7.18. The molecular weight excluding hydrogens is 454 g/mol. The van der Waals surface area contributed by atoms with Crippen LogP contribution in [0.1, 0.15) is 61.2 Å². The van der Waals surface area contributed by atoms with Crippen LogP contribution in [0, 0.1) is 0 Å². The molecule has 0 saturated heterocycles. The molecule has 0 radical (unpaired) electrons. The van der Waals surface area contributed by atoms with Gasteiger partial charge in [-0.3, -0.25) is 0 Å². The predicted molar refractivity (Wildman–Crippen MR) is 133 cm³/mol. The number of hydrogen-bond acceptors (Lipinski definition) is 7. The SMILES string of the molecule is CCc1cc2c(NCCc3ccc4c(c3)OCCO4)nc(C3CCCCC3)nc2s1.O=C(O)O. The number of aryl methyl sites for hydroxylation is 1. The standard InChI is InChI=1S/C24H29N3O2S.CH2O3/c1-2-18-15-19-23(26-22(27-24(19)30-18)17-6-4-3-5-7-17)25-11-10-16-8-9-20-21(14-16)29-13-12-28-20;2-1(3)4/h8-9,14-15,17H,2-7,10-13H2,1H3,(H,25,26,27);(H2,2,3,4). The van der Waals surface area contributed by atoms with Crippen LogP contribution >= 0.6 is 11.3 Å². The maximum absolute atomic E-state index is 8.56. The van der Waals surface area contributed by atoms with E-state index in [4.69, 9.17) is 34.4 Å². The number of fused-ring (bicyclic) bond motifs is 2. The van der Waals surface area contributed by atoms with Gasteiger partial charge in [0.2, 0.25) is 0 Å². The molecule has 1 saturated carbocycles. The minimum absolute atomic E-state index is 0.508. The summed E-state index contributed by atoms with van der Waals surface area (Å²) in [6.45, 7) is 4.28. The van der Waals surface area contributed by atoms with Gasteiger partial charge in [-0.2, -0.15) is 0 Å². The molecule has 1 aliphatic carbocycles. The highest BCUT2D eigenvalue weighted by atomic mass is 32.1. The van der Waals surface area contributed by atoms with E-state index < -0.39 is 6.16 Å². The fraction of sp³-hybridized carbons (Fsp3) is 0.480.